The number of nitrogens with zero attached hydrogens (tertiary/aromatic N) is 4. The van der Waals surface area contributed by atoms with Gasteiger partial charge in [0.1, 0.15) is 0 Å². The van der Waals surface area contributed by atoms with Gasteiger partial charge in [-0.05, 0) is 12.8 Å². The molecule has 20 heavy (non-hydrogen) atoms. The maximum absolute atomic E-state index is 12.5. The number of alkyl halides is 3. The van der Waals surface area contributed by atoms with Crippen LogP contribution < -0.4 is 0 Å². The molecule has 5 nitrogen and oxygen atoms in total. The number of carbonyl (C=O) groups excluding carboxylic acids is 1. The summed E-state index contributed by atoms with van der Waals surface area (Å²) < 4.78 is 38.7. The monoisotopic (exact) mass is 304 g/mol. The van der Waals surface area contributed by atoms with Crippen molar-refractivity contribution in [2.75, 3.05) is 13.1 Å². The van der Waals surface area contributed by atoms with Gasteiger partial charge in [-0.3, -0.25) is 4.79 Å². The van der Waals surface area contributed by atoms with Gasteiger partial charge in [0.2, 0.25) is 10.9 Å². The van der Waals surface area contributed by atoms with Crippen molar-refractivity contribution in [3.05, 3.63) is 16.9 Å². The van der Waals surface area contributed by atoms with Crippen LogP contribution in [0.15, 0.2) is 5.38 Å². The first-order valence-electron chi connectivity index (χ1n) is 6.13. The van der Waals surface area contributed by atoms with Crippen LogP contribution in [0, 0.1) is 0 Å². The molecule has 3 rings (SSSR count). The zero-order chi connectivity index (χ0) is 14.3. The molecule has 0 bridgehead atoms. The number of likely N-dealkylation sites (tertiary alicyclic amines) is 1. The number of amides is 1. The number of hydrogen-bond donors (Lipinski definition) is 0. The molecule has 0 saturated carbocycles. The molecule has 3 heterocycles. The molecule has 108 valence electrons. The summed E-state index contributed by atoms with van der Waals surface area (Å²) in [6, 6.07) is 0. The minimum Gasteiger partial charge on any atom is -0.342 e. The van der Waals surface area contributed by atoms with Crippen molar-refractivity contribution in [2.45, 2.75) is 25.4 Å². The molecule has 1 saturated heterocycles. The van der Waals surface area contributed by atoms with Crippen LogP contribution in [0.5, 0.6) is 0 Å². The second-order valence-corrected chi connectivity index (χ2v) is 5.46. The highest BCUT2D eigenvalue weighted by Gasteiger charge is 2.37. The van der Waals surface area contributed by atoms with Crippen LogP contribution in [0.4, 0.5) is 13.2 Å². The van der Waals surface area contributed by atoms with E-state index in [1.807, 2.05) is 0 Å². The Morgan fingerprint density at radius 1 is 1.35 bits per heavy atom. The molecule has 0 spiro atoms. The van der Waals surface area contributed by atoms with Crippen LogP contribution in [0.25, 0.3) is 4.96 Å². The fourth-order valence-electron chi connectivity index (χ4n) is 2.20. The summed E-state index contributed by atoms with van der Waals surface area (Å²) in [5.41, 5.74) is 0.449. The molecule has 2 aromatic rings. The second-order valence-electron chi connectivity index (χ2n) is 4.62. The smallest absolute Gasteiger partial charge is 0.342 e. The lowest BCUT2D eigenvalue weighted by molar-refractivity contribution is -0.144. The van der Waals surface area contributed by atoms with Crippen LogP contribution in [-0.4, -0.2) is 38.5 Å². The van der Waals surface area contributed by atoms with E-state index >= 15 is 0 Å². The van der Waals surface area contributed by atoms with Gasteiger partial charge in [0.05, 0.1) is 12.1 Å². The van der Waals surface area contributed by atoms with Crippen molar-refractivity contribution >= 4 is 22.2 Å². The van der Waals surface area contributed by atoms with Crippen LogP contribution in [0.1, 0.15) is 24.4 Å². The van der Waals surface area contributed by atoms with Crippen LogP contribution >= 0.6 is 11.3 Å². The molecule has 0 aromatic carbocycles. The van der Waals surface area contributed by atoms with E-state index in [2.05, 4.69) is 10.1 Å². The molecule has 0 unspecified atom stereocenters. The lowest BCUT2D eigenvalue weighted by Crippen LogP contribution is -2.29. The van der Waals surface area contributed by atoms with Crippen molar-refractivity contribution in [1.29, 1.82) is 0 Å². The van der Waals surface area contributed by atoms with E-state index in [1.54, 1.807) is 10.3 Å². The molecule has 1 aliphatic rings. The molecular weight excluding hydrogens is 293 g/mol. The SMILES string of the molecule is O=C(Cc1csc2nc(C(F)(F)F)nn12)N1CCCC1. The Morgan fingerprint density at radius 2 is 2.05 bits per heavy atom. The Balaban J connectivity index is 1.84. The number of halogens is 3. The summed E-state index contributed by atoms with van der Waals surface area (Å²) in [5.74, 6) is -1.24. The minimum atomic E-state index is -4.57. The average molecular weight is 304 g/mol. The zero-order valence-electron chi connectivity index (χ0n) is 10.4. The Labute approximate surface area is 116 Å². The third-order valence-electron chi connectivity index (χ3n) is 3.19. The molecule has 0 atom stereocenters. The maximum atomic E-state index is 12.5. The van der Waals surface area contributed by atoms with E-state index in [0.29, 0.717) is 5.69 Å². The van der Waals surface area contributed by atoms with Gasteiger partial charge in [0.25, 0.3) is 5.82 Å². The predicted octanol–water partition coefficient (Wildman–Crippen LogP) is 1.97. The van der Waals surface area contributed by atoms with Crippen molar-refractivity contribution in [3.8, 4) is 0 Å². The van der Waals surface area contributed by atoms with Crippen molar-refractivity contribution in [1.82, 2.24) is 19.5 Å². The Kier molecular flexibility index (Phi) is 3.15. The van der Waals surface area contributed by atoms with Crippen molar-refractivity contribution in [3.63, 3.8) is 0 Å². The largest absolute Gasteiger partial charge is 0.453 e. The van der Waals surface area contributed by atoms with Crippen LogP contribution in [-0.2, 0) is 17.4 Å². The molecular formula is C11H11F3N4OS. The summed E-state index contributed by atoms with van der Waals surface area (Å²) in [4.78, 5) is 17.3. The highest BCUT2D eigenvalue weighted by atomic mass is 32.1. The standard InChI is InChI=1S/C11H11F3N4OS/c12-11(13,14)9-15-10-18(16-9)7(6-20-10)5-8(19)17-3-1-2-4-17/h6H,1-5H2. The predicted molar refractivity (Wildman–Crippen MR) is 65.4 cm³/mol. The quantitative estimate of drug-likeness (QED) is 0.852. The molecule has 0 radical (unpaired) electrons. The van der Waals surface area contributed by atoms with E-state index in [9.17, 15) is 18.0 Å². The van der Waals surface area contributed by atoms with Crippen LogP contribution in [0.3, 0.4) is 0 Å². The number of aromatic nitrogens is 3. The summed E-state index contributed by atoms with van der Waals surface area (Å²) in [5, 5.41) is 5.07. The third-order valence-corrected chi connectivity index (χ3v) is 4.06. The van der Waals surface area contributed by atoms with E-state index in [0.717, 1.165) is 41.8 Å². The van der Waals surface area contributed by atoms with Gasteiger partial charge >= 0.3 is 6.18 Å². The summed E-state index contributed by atoms with van der Waals surface area (Å²) in [6.07, 6.45) is -2.55. The van der Waals surface area contributed by atoms with E-state index in [-0.39, 0.29) is 17.3 Å². The first kappa shape index (κ1) is 13.3. The fraction of sp³-hybridized carbons (Fsp3) is 0.545. The number of hydrogen-bond acceptors (Lipinski definition) is 4. The lowest BCUT2D eigenvalue weighted by atomic mass is 10.3. The molecule has 0 aliphatic carbocycles. The van der Waals surface area contributed by atoms with Gasteiger partial charge in [0.15, 0.2) is 0 Å². The number of fused-ring (bicyclic) bond motifs is 1. The Morgan fingerprint density at radius 3 is 2.70 bits per heavy atom. The highest BCUT2D eigenvalue weighted by molar-refractivity contribution is 7.15. The normalized spacial score (nSPS) is 16.2. The van der Waals surface area contributed by atoms with Gasteiger partial charge in [-0.25, -0.2) is 4.52 Å². The Hall–Kier alpha value is -1.64. The van der Waals surface area contributed by atoms with Gasteiger partial charge in [0, 0.05) is 18.5 Å². The fourth-order valence-corrected chi connectivity index (χ4v) is 3.02. The van der Waals surface area contributed by atoms with Gasteiger partial charge in [-0.1, -0.05) is 0 Å². The molecule has 1 aliphatic heterocycles. The molecule has 1 amide bonds. The first-order chi connectivity index (χ1) is 9.45. The maximum Gasteiger partial charge on any atom is 0.453 e. The second kappa shape index (κ2) is 4.72. The lowest BCUT2D eigenvalue weighted by Gasteiger charge is -2.14. The first-order valence-corrected chi connectivity index (χ1v) is 7.01. The molecule has 9 heteroatoms. The van der Waals surface area contributed by atoms with E-state index < -0.39 is 12.0 Å². The van der Waals surface area contributed by atoms with Gasteiger partial charge in [-0.15, -0.1) is 16.4 Å². The minimum absolute atomic E-state index is 0.0562. The summed E-state index contributed by atoms with van der Waals surface area (Å²) in [7, 11) is 0. The summed E-state index contributed by atoms with van der Waals surface area (Å²) >= 11 is 1.05. The zero-order valence-corrected chi connectivity index (χ0v) is 11.2. The number of rotatable bonds is 2. The third kappa shape index (κ3) is 2.37. The average Bonchev–Trinajstić information content (AvgIpc) is 3.03. The highest BCUT2D eigenvalue weighted by Crippen LogP contribution is 2.28. The van der Waals surface area contributed by atoms with Crippen molar-refractivity contribution < 1.29 is 18.0 Å². The molecule has 1 fully saturated rings. The Bertz CT molecular complexity index is 642. The number of thiazole rings is 1. The summed E-state index contributed by atoms with van der Waals surface area (Å²) in [6.45, 7) is 1.44. The van der Waals surface area contributed by atoms with Crippen LogP contribution in [0.2, 0.25) is 0 Å². The molecule has 2 aromatic heterocycles. The van der Waals surface area contributed by atoms with E-state index in [1.165, 1.54) is 0 Å². The topological polar surface area (TPSA) is 50.5 Å². The van der Waals surface area contributed by atoms with Crippen molar-refractivity contribution in [2.24, 2.45) is 0 Å². The van der Waals surface area contributed by atoms with Gasteiger partial charge in [-0.2, -0.15) is 18.2 Å². The van der Waals surface area contributed by atoms with Gasteiger partial charge < -0.3 is 4.90 Å². The number of carbonyl (C=O) groups is 1. The molecule has 0 N–H and O–H groups in total. The van der Waals surface area contributed by atoms with E-state index in [4.69, 9.17) is 0 Å².